The van der Waals surface area contributed by atoms with Crippen LogP contribution in [0.25, 0.3) is 0 Å². The van der Waals surface area contributed by atoms with Crippen molar-refractivity contribution in [2.45, 2.75) is 45.2 Å². The Bertz CT molecular complexity index is 881. The molecule has 0 aliphatic carbocycles. The van der Waals surface area contributed by atoms with E-state index in [0.717, 1.165) is 29.7 Å². The quantitative estimate of drug-likeness (QED) is 0.658. The normalized spacial score (nSPS) is 18.5. The van der Waals surface area contributed by atoms with E-state index in [1.54, 1.807) is 14.2 Å². The number of carbonyl (C=O) groups excluding carboxylic acids is 2. The van der Waals surface area contributed by atoms with E-state index in [-0.39, 0.29) is 23.8 Å². The molecule has 2 unspecified atom stereocenters. The SMILES string of the molecule is CCCCN1C(=O)CCC(C(=O)NCc2ccc(OC)cc2)C1c1ccccc1OC. The van der Waals surface area contributed by atoms with Gasteiger partial charge in [0.25, 0.3) is 0 Å². The summed E-state index contributed by atoms with van der Waals surface area (Å²) in [6.45, 7) is 3.17. The van der Waals surface area contributed by atoms with Gasteiger partial charge in [0, 0.05) is 25.1 Å². The molecule has 6 heteroatoms. The smallest absolute Gasteiger partial charge is 0.225 e. The summed E-state index contributed by atoms with van der Waals surface area (Å²) in [4.78, 5) is 28.0. The molecular weight excluding hydrogens is 392 g/mol. The molecule has 1 saturated heterocycles. The Morgan fingerprint density at radius 2 is 1.84 bits per heavy atom. The Labute approximate surface area is 184 Å². The minimum Gasteiger partial charge on any atom is -0.497 e. The Morgan fingerprint density at radius 1 is 1.10 bits per heavy atom. The Morgan fingerprint density at radius 3 is 2.52 bits per heavy atom. The summed E-state index contributed by atoms with van der Waals surface area (Å²) in [7, 11) is 3.25. The Kier molecular flexibility index (Phi) is 7.93. The zero-order chi connectivity index (χ0) is 22.2. The average molecular weight is 425 g/mol. The van der Waals surface area contributed by atoms with E-state index >= 15 is 0 Å². The second-order valence-corrected chi connectivity index (χ2v) is 7.84. The van der Waals surface area contributed by atoms with Crippen LogP contribution in [0.1, 0.15) is 49.8 Å². The summed E-state index contributed by atoms with van der Waals surface area (Å²) in [5.74, 6) is 1.22. The molecular formula is C25H32N2O4. The molecule has 1 aliphatic rings. The number of nitrogens with zero attached hydrogens (tertiary/aromatic N) is 1. The molecule has 0 radical (unpaired) electrons. The van der Waals surface area contributed by atoms with Crippen LogP contribution < -0.4 is 14.8 Å². The standard InChI is InChI=1S/C25H32N2O4/c1-4-5-16-27-23(28)15-14-21(24(27)20-8-6-7-9-22(20)31-3)25(29)26-17-18-10-12-19(30-2)13-11-18/h6-13,21,24H,4-5,14-17H2,1-3H3,(H,26,29). The van der Waals surface area contributed by atoms with Crippen molar-refractivity contribution in [3.63, 3.8) is 0 Å². The first-order valence-corrected chi connectivity index (χ1v) is 10.9. The van der Waals surface area contributed by atoms with Gasteiger partial charge in [-0.15, -0.1) is 0 Å². The van der Waals surface area contributed by atoms with Gasteiger partial charge in [0.2, 0.25) is 11.8 Å². The van der Waals surface area contributed by atoms with Crippen LogP contribution in [0.4, 0.5) is 0 Å². The van der Waals surface area contributed by atoms with E-state index in [1.165, 1.54) is 0 Å². The number of unbranched alkanes of at least 4 members (excludes halogenated alkanes) is 1. The maximum absolute atomic E-state index is 13.3. The first-order chi connectivity index (χ1) is 15.1. The van der Waals surface area contributed by atoms with Gasteiger partial charge in [-0.05, 0) is 36.6 Å². The number of likely N-dealkylation sites (tertiary alicyclic amines) is 1. The summed E-state index contributed by atoms with van der Waals surface area (Å²) >= 11 is 0. The predicted octanol–water partition coefficient (Wildman–Crippen LogP) is 4.10. The number of carbonyl (C=O) groups is 2. The number of ether oxygens (including phenoxy) is 2. The van der Waals surface area contributed by atoms with Gasteiger partial charge < -0.3 is 19.7 Å². The van der Waals surface area contributed by atoms with Gasteiger partial charge in [0.15, 0.2) is 0 Å². The number of hydrogen-bond donors (Lipinski definition) is 1. The first kappa shape index (κ1) is 22.7. The minimum absolute atomic E-state index is 0.0410. The van der Waals surface area contributed by atoms with Gasteiger partial charge in [-0.25, -0.2) is 0 Å². The Balaban J connectivity index is 1.84. The molecule has 2 atom stereocenters. The lowest BCUT2D eigenvalue weighted by atomic mass is 9.83. The number of amides is 2. The number of hydrogen-bond acceptors (Lipinski definition) is 4. The first-order valence-electron chi connectivity index (χ1n) is 10.9. The van der Waals surface area contributed by atoms with Gasteiger partial charge >= 0.3 is 0 Å². The van der Waals surface area contributed by atoms with Crippen LogP contribution in [0, 0.1) is 5.92 Å². The van der Waals surface area contributed by atoms with Crippen molar-refractivity contribution < 1.29 is 19.1 Å². The number of piperidine rings is 1. The molecule has 166 valence electrons. The van der Waals surface area contributed by atoms with E-state index in [4.69, 9.17) is 9.47 Å². The summed E-state index contributed by atoms with van der Waals surface area (Å²) < 4.78 is 10.8. The third-order valence-corrected chi connectivity index (χ3v) is 5.88. The third-order valence-electron chi connectivity index (χ3n) is 5.88. The van der Waals surface area contributed by atoms with Crippen LogP contribution in [-0.4, -0.2) is 37.5 Å². The molecule has 1 fully saturated rings. The average Bonchev–Trinajstić information content (AvgIpc) is 2.81. The second kappa shape index (κ2) is 10.8. The second-order valence-electron chi connectivity index (χ2n) is 7.84. The molecule has 2 amide bonds. The van der Waals surface area contributed by atoms with Gasteiger partial charge in [-0.3, -0.25) is 9.59 Å². The van der Waals surface area contributed by atoms with Crippen LogP contribution in [0.5, 0.6) is 11.5 Å². The highest BCUT2D eigenvalue weighted by atomic mass is 16.5. The van der Waals surface area contributed by atoms with E-state index in [9.17, 15) is 9.59 Å². The highest BCUT2D eigenvalue weighted by molar-refractivity contribution is 5.85. The van der Waals surface area contributed by atoms with Crippen LogP contribution in [0.15, 0.2) is 48.5 Å². The van der Waals surface area contributed by atoms with Crippen LogP contribution in [0.3, 0.4) is 0 Å². The highest BCUT2D eigenvalue weighted by Crippen LogP contribution is 2.40. The molecule has 0 saturated carbocycles. The van der Waals surface area contributed by atoms with E-state index in [2.05, 4.69) is 12.2 Å². The zero-order valence-corrected chi connectivity index (χ0v) is 18.6. The van der Waals surface area contributed by atoms with Crippen molar-refractivity contribution in [2.24, 2.45) is 5.92 Å². The van der Waals surface area contributed by atoms with E-state index < -0.39 is 0 Å². The lowest BCUT2D eigenvalue weighted by molar-refractivity contribution is -0.143. The molecule has 0 spiro atoms. The van der Waals surface area contributed by atoms with Gasteiger partial charge in [0.05, 0.1) is 26.2 Å². The number of benzene rings is 2. The van der Waals surface area contributed by atoms with Crippen molar-refractivity contribution in [1.82, 2.24) is 10.2 Å². The molecule has 6 nitrogen and oxygen atoms in total. The van der Waals surface area contributed by atoms with Crippen molar-refractivity contribution in [2.75, 3.05) is 20.8 Å². The molecule has 2 aromatic rings. The number of rotatable bonds is 9. The number of para-hydroxylation sites is 1. The summed E-state index contributed by atoms with van der Waals surface area (Å²) in [6.07, 6.45) is 2.79. The summed E-state index contributed by atoms with van der Waals surface area (Å²) in [5.41, 5.74) is 1.89. The maximum Gasteiger partial charge on any atom is 0.225 e. The molecule has 1 heterocycles. The summed E-state index contributed by atoms with van der Waals surface area (Å²) in [6, 6.07) is 15.0. The highest BCUT2D eigenvalue weighted by Gasteiger charge is 2.41. The number of methoxy groups -OCH3 is 2. The predicted molar refractivity (Wildman–Crippen MR) is 120 cm³/mol. The zero-order valence-electron chi connectivity index (χ0n) is 18.6. The fourth-order valence-corrected chi connectivity index (χ4v) is 4.18. The maximum atomic E-state index is 13.3. The molecule has 3 rings (SSSR count). The van der Waals surface area contributed by atoms with Crippen molar-refractivity contribution in [1.29, 1.82) is 0 Å². The van der Waals surface area contributed by atoms with E-state index in [1.807, 2.05) is 53.4 Å². The van der Waals surface area contributed by atoms with Gasteiger partial charge in [-0.2, -0.15) is 0 Å². The van der Waals surface area contributed by atoms with Crippen LogP contribution in [0.2, 0.25) is 0 Å². The topological polar surface area (TPSA) is 67.9 Å². The summed E-state index contributed by atoms with van der Waals surface area (Å²) in [5, 5.41) is 3.08. The molecule has 1 aliphatic heterocycles. The molecule has 2 aromatic carbocycles. The lowest BCUT2D eigenvalue weighted by Gasteiger charge is -2.41. The molecule has 0 bridgehead atoms. The monoisotopic (exact) mass is 424 g/mol. The Hall–Kier alpha value is -3.02. The molecule has 1 N–H and O–H groups in total. The van der Waals surface area contributed by atoms with Crippen molar-refractivity contribution in [3.8, 4) is 11.5 Å². The molecule has 0 aromatic heterocycles. The molecule has 31 heavy (non-hydrogen) atoms. The van der Waals surface area contributed by atoms with Gasteiger partial charge in [0.1, 0.15) is 11.5 Å². The van der Waals surface area contributed by atoms with Crippen LogP contribution in [-0.2, 0) is 16.1 Å². The van der Waals surface area contributed by atoms with Crippen molar-refractivity contribution in [3.05, 3.63) is 59.7 Å². The fraction of sp³-hybridized carbons (Fsp3) is 0.440. The van der Waals surface area contributed by atoms with Crippen molar-refractivity contribution >= 4 is 11.8 Å². The minimum atomic E-state index is -0.334. The lowest BCUT2D eigenvalue weighted by Crippen LogP contribution is -2.48. The number of nitrogens with one attached hydrogen (secondary N) is 1. The fourth-order valence-electron chi connectivity index (χ4n) is 4.18. The largest absolute Gasteiger partial charge is 0.497 e. The van der Waals surface area contributed by atoms with Crippen LogP contribution >= 0.6 is 0 Å². The van der Waals surface area contributed by atoms with Gasteiger partial charge in [-0.1, -0.05) is 43.7 Å². The van der Waals surface area contributed by atoms with E-state index in [0.29, 0.717) is 31.7 Å². The third kappa shape index (κ3) is 5.37.